The third kappa shape index (κ3) is 3.02. The summed E-state index contributed by atoms with van der Waals surface area (Å²) in [5.41, 5.74) is 0. The van der Waals surface area contributed by atoms with Crippen molar-refractivity contribution in [1.82, 2.24) is 16.0 Å². The molecule has 0 aromatic rings. The lowest BCUT2D eigenvalue weighted by Gasteiger charge is -2.22. The molecule has 5 heteroatoms. The molecule has 1 heterocycles. The highest BCUT2D eigenvalue weighted by atomic mass is 16.2. The molecule has 13 heavy (non-hydrogen) atoms. The smallest absolute Gasteiger partial charge is 0.242 e. The van der Waals surface area contributed by atoms with Crippen molar-refractivity contribution in [3.05, 3.63) is 0 Å². The minimum absolute atomic E-state index is 0.0734. The quantitative estimate of drug-likeness (QED) is 0.506. The van der Waals surface area contributed by atoms with Gasteiger partial charge in [-0.05, 0) is 19.9 Å². The zero-order valence-corrected chi connectivity index (χ0v) is 7.72. The first-order chi connectivity index (χ1) is 6.24. The van der Waals surface area contributed by atoms with E-state index in [0.717, 1.165) is 19.4 Å². The maximum atomic E-state index is 11.2. The highest BCUT2D eigenvalue weighted by Gasteiger charge is 2.22. The third-order valence-electron chi connectivity index (χ3n) is 1.96. The zero-order valence-electron chi connectivity index (χ0n) is 7.72. The van der Waals surface area contributed by atoms with Crippen LogP contribution >= 0.6 is 0 Å². The van der Waals surface area contributed by atoms with Crippen molar-refractivity contribution < 1.29 is 9.59 Å². The topological polar surface area (TPSA) is 70.2 Å². The Morgan fingerprint density at radius 2 is 2.46 bits per heavy atom. The van der Waals surface area contributed by atoms with Crippen molar-refractivity contribution in [1.29, 1.82) is 0 Å². The molecule has 1 rings (SSSR count). The summed E-state index contributed by atoms with van der Waals surface area (Å²) in [5, 5.41) is 8.09. The normalized spacial score (nSPS) is 22.2. The van der Waals surface area contributed by atoms with Gasteiger partial charge in [0.05, 0.1) is 6.54 Å². The molecule has 1 fully saturated rings. The van der Waals surface area contributed by atoms with E-state index in [0.29, 0.717) is 0 Å². The monoisotopic (exact) mass is 185 g/mol. The van der Waals surface area contributed by atoms with Gasteiger partial charge in [0.2, 0.25) is 11.8 Å². The van der Waals surface area contributed by atoms with Crippen LogP contribution in [0.5, 0.6) is 0 Å². The number of hydrogen-bond donors (Lipinski definition) is 3. The van der Waals surface area contributed by atoms with E-state index in [2.05, 4.69) is 16.0 Å². The molecule has 1 aliphatic rings. The van der Waals surface area contributed by atoms with Gasteiger partial charge in [-0.2, -0.15) is 0 Å². The Balaban J connectivity index is 2.33. The van der Waals surface area contributed by atoms with Gasteiger partial charge in [-0.3, -0.25) is 9.59 Å². The molecule has 1 atom stereocenters. The average Bonchev–Trinajstić information content (AvgIpc) is 2.09. The van der Waals surface area contributed by atoms with Crippen molar-refractivity contribution in [2.45, 2.75) is 18.9 Å². The molecule has 1 unspecified atom stereocenters. The van der Waals surface area contributed by atoms with Crippen LogP contribution in [0.4, 0.5) is 0 Å². The third-order valence-corrected chi connectivity index (χ3v) is 1.96. The molecule has 0 aliphatic carbocycles. The van der Waals surface area contributed by atoms with Crippen molar-refractivity contribution in [2.75, 3.05) is 20.1 Å². The minimum Gasteiger partial charge on any atom is -0.354 e. The number of carbonyl (C=O) groups is 2. The van der Waals surface area contributed by atoms with E-state index in [1.54, 1.807) is 7.05 Å². The van der Waals surface area contributed by atoms with Gasteiger partial charge in [0.1, 0.15) is 6.04 Å². The number of rotatable bonds is 3. The van der Waals surface area contributed by atoms with Gasteiger partial charge in [0.15, 0.2) is 0 Å². The summed E-state index contributed by atoms with van der Waals surface area (Å²) in [6.45, 7) is 0.973. The molecular formula is C8H15N3O2. The Morgan fingerprint density at radius 3 is 3.08 bits per heavy atom. The fourth-order valence-corrected chi connectivity index (χ4v) is 1.32. The van der Waals surface area contributed by atoms with Crippen molar-refractivity contribution in [3.8, 4) is 0 Å². The standard InChI is InChI=1S/C8H15N3O2/c1-9-5-7(12)11-6-3-2-4-10-8(6)13/h6,9H,2-5H2,1H3,(H,10,13)(H,11,12). The van der Waals surface area contributed by atoms with Crippen LogP contribution in [0.15, 0.2) is 0 Å². The zero-order chi connectivity index (χ0) is 9.68. The van der Waals surface area contributed by atoms with Crippen molar-refractivity contribution >= 4 is 11.8 Å². The second-order valence-corrected chi connectivity index (χ2v) is 3.08. The molecule has 2 amide bonds. The van der Waals surface area contributed by atoms with Gasteiger partial charge < -0.3 is 16.0 Å². The fourth-order valence-electron chi connectivity index (χ4n) is 1.32. The first-order valence-electron chi connectivity index (χ1n) is 4.45. The highest BCUT2D eigenvalue weighted by molar-refractivity contribution is 5.88. The Hall–Kier alpha value is -1.10. The summed E-state index contributed by atoms with van der Waals surface area (Å²) < 4.78 is 0. The number of hydrogen-bond acceptors (Lipinski definition) is 3. The lowest BCUT2D eigenvalue weighted by atomic mass is 10.1. The Morgan fingerprint density at radius 1 is 1.69 bits per heavy atom. The summed E-state index contributed by atoms with van der Waals surface area (Å²) in [7, 11) is 1.69. The Kier molecular flexibility index (Phi) is 3.70. The number of amides is 2. The van der Waals surface area contributed by atoms with Gasteiger partial charge >= 0.3 is 0 Å². The lowest BCUT2D eigenvalue weighted by Crippen LogP contribution is -2.51. The van der Waals surface area contributed by atoms with Gasteiger partial charge in [-0.25, -0.2) is 0 Å². The first-order valence-corrected chi connectivity index (χ1v) is 4.45. The Labute approximate surface area is 77.3 Å². The largest absolute Gasteiger partial charge is 0.354 e. The summed E-state index contributed by atoms with van der Waals surface area (Å²) in [4.78, 5) is 22.3. The first kappa shape index (κ1) is 9.98. The molecule has 3 N–H and O–H groups in total. The number of carbonyl (C=O) groups excluding carboxylic acids is 2. The van der Waals surface area contributed by atoms with E-state index in [-0.39, 0.29) is 24.4 Å². The van der Waals surface area contributed by atoms with Crippen LogP contribution in [0.25, 0.3) is 0 Å². The van der Waals surface area contributed by atoms with E-state index >= 15 is 0 Å². The van der Waals surface area contributed by atoms with Crippen LogP contribution in [0.2, 0.25) is 0 Å². The predicted molar refractivity (Wildman–Crippen MR) is 48.1 cm³/mol. The van der Waals surface area contributed by atoms with Gasteiger partial charge in [0, 0.05) is 6.54 Å². The van der Waals surface area contributed by atoms with E-state index in [9.17, 15) is 9.59 Å². The second kappa shape index (κ2) is 4.81. The van der Waals surface area contributed by atoms with Crippen molar-refractivity contribution in [2.24, 2.45) is 0 Å². The van der Waals surface area contributed by atoms with Gasteiger partial charge in [-0.1, -0.05) is 0 Å². The predicted octanol–water partition coefficient (Wildman–Crippen LogP) is -1.40. The van der Waals surface area contributed by atoms with Gasteiger partial charge in [0.25, 0.3) is 0 Å². The minimum atomic E-state index is -0.338. The molecule has 0 spiro atoms. The summed E-state index contributed by atoms with van der Waals surface area (Å²) in [5.74, 6) is -0.208. The van der Waals surface area contributed by atoms with Crippen LogP contribution in [0, 0.1) is 0 Å². The van der Waals surface area contributed by atoms with E-state index < -0.39 is 0 Å². The molecule has 0 aromatic heterocycles. The Bertz CT molecular complexity index is 206. The number of likely N-dealkylation sites (N-methyl/N-ethyl adjacent to an activating group) is 1. The molecule has 0 aromatic carbocycles. The summed E-state index contributed by atoms with van der Waals surface area (Å²) >= 11 is 0. The van der Waals surface area contributed by atoms with E-state index in [1.807, 2.05) is 0 Å². The van der Waals surface area contributed by atoms with Gasteiger partial charge in [-0.15, -0.1) is 0 Å². The molecule has 1 aliphatic heterocycles. The fraction of sp³-hybridized carbons (Fsp3) is 0.750. The molecule has 74 valence electrons. The van der Waals surface area contributed by atoms with E-state index in [1.165, 1.54) is 0 Å². The molecule has 0 saturated carbocycles. The second-order valence-electron chi connectivity index (χ2n) is 3.08. The molecule has 5 nitrogen and oxygen atoms in total. The summed E-state index contributed by atoms with van der Waals surface area (Å²) in [6, 6.07) is -0.338. The number of piperidine rings is 1. The maximum absolute atomic E-state index is 11.2. The SMILES string of the molecule is CNCC(=O)NC1CCCNC1=O. The highest BCUT2D eigenvalue weighted by Crippen LogP contribution is 2.01. The molecular weight excluding hydrogens is 170 g/mol. The van der Waals surface area contributed by atoms with Crippen LogP contribution in [0.3, 0.4) is 0 Å². The lowest BCUT2D eigenvalue weighted by molar-refractivity contribution is -0.129. The van der Waals surface area contributed by atoms with Crippen LogP contribution < -0.4 is 16.0 Å². The average molecular weight is 185 g/mol. The van der Waals surface area contributed by atoms with Crippen LogP contribution in [0.1, 0.15) is 12.8 Å². The van der Waals surface area contributed by atoms with Crippen molar-refractivity contribution in [3.63, 3.8) is 0 Å². The molecule has 0 bridgehead atoms. The van der Waals surface area contributed by atoms with Crippen LogP contribution in [-0.4, -0.2) is 38.0 Å². The maximum Gasteiger partial charge on any atom is 0.242 e. The summed E-state index contributed by atoms with van der Waals surface area (Å²) in [6.07, 6.45) is 1.66. The molecule has 0 radical (unpaired) electrons. The number of nitrogens with one attached hydrogen (secondary N) is 3. The van der Waals surface area contributed by atoms with E-state index in [4.69, 9.17) is 0 Å². The molecule has 1 saturated heterocycles. The van der Waals surface area contributed by atoms with Crippen LogP contribution in [-0.2, 0) is 9.59 Å².